The molecule has 0 rings (SSSR count). The van der Waals surface area contributed by atoms with Gasteiger partial charge in [0.15, 0.2) is 0 Å². The average Bonchev–Trinajstić information content (AvgIpc) is 3.11. The molecule has 0 heterocycles. The molecule has 0 spiro atoms. The van der Waals surface area contributed by atoms with E-state index in [1.165, 1.54) is 28.4 Å². The summed E-state index contributed by atoms with van der Waals surface area (Å²) < 4.78 is 60.1. The molecule has 350 valence electrons. The van der Waals surface area contributed by atoms with Crippen molar-refractivity contribution < 1.29 is 54.8 Å². The molecule has 2 amide bonds. The molecule has 0 radical (unpaired) electrons. The maximum Gasteiger partial charge on any atom is 0.473 e. The molecule has 0 unspecified atom stereocenters. The third kappa shape index (κ3) is 23.6. The van der Waals surface area contributed by atoms with Crippen LogP contribution in [-0.2, 0) is 47.7 Å². The first kappa shape index (κ1) is 67.6. The fourth-order valence-corrected chi connectivity index (χ4v) is 5.65. The Morgan fingerprint density at radius 1 is 0.603 bits per heavy atom. The van der Waals surface area contributed by atoms with Crippen molar-refractivity contribution in [3.8, 4) is 6.07 Å². The molecule has 5 N–H and O–H groups in total. The number of carbonyl (C=O) groups excluding carboxylic acids is 3. The average molecular weight is 878 g/mol. The molecule has 0 aromatic heterocycles. The Morgan fingerprint density at radius 3 is 0.879 bits per heavy atom. The van der Waals surface area contributed by atoms with Crippen LogP contribution in [0.4, 0.5) is 0 Å². The van der Waals surface area contributed by atoms with Crippen molar-refractivity contribution in [2.45, 2.75) is 138 Å². The Labute approximate surface area is 355 Å². The van der Waals surface area contributed by atoms with Gasteiger partial charge in [-0.25, -0.2) is 4.57 Å². The Bertz CT molecular complexity index is 1260. The number of primary amides is 1. The Hall–Kier alpha value is -2.12. The van der Waals surface area contributed by atoms with E-state index in [0.717, 1.165) is 0 Å². The zero-order valence-corrected chi connectivity index (χ0v) is 42.7. The number of methoxy groups -OCH3 is 1. The highest BCUT2D eigenvalue weighted by atomic mass is 32.3. The predicted octanol–water partition coefficient (Wildman–Crippen LogP) is 9.53. The van der Waals surface area contributed by atoms with Crippen molar-refractivity contribution in [2.75, 3.05) is 35.5 Å². The van der Waals surface area contributed by atoms with Gasteiger partial charge in [-0.2, -0.15) is 13.7 Å². The van der Waals surface area contributed by atoms with Crippen LogP contribution in [0.1, 0.15) is 138 Å². The number of phosphoric acid groups is 1. The molecule has 0 saturated carbocycles. The van der Waals surface area contributed by atoms with Crippen molar-refractivity contribution in [3.05, 3.63) is 0 Å². The lowest BCUT2D eigenvalue weighted by atomic mass is 9.70. The maximum atomic E-state index is 11.6. The topological polar surface area (TPSA) is 242 Å². The van der Waals surface area contributed by atoms with E-state index < -0.39 is 18.2 Å². The van der Waals surface area contributed by atoms with Gasteiger partial charge in [0, 0.05) is 28.4 Å². The quantitative estimate of drug-likeness (QED) is 0.0723. The number of nitrogens with zero attached hydrogens (tertiary/aromatic N) is 1. The van der Waals surface area contributed by atoms with Crippen LogP contribution >= 0.6 is 7.82 Å². The Morgan fingerprint density at radius 2 is 0.845 bits per heavy atom. The first-order valence-electron chi connectivity index (χ1n) is 19.7. The number of carbonyl (C=O) groups is 3. The van der Waals surface area contributed by atoms with E-state index in [1.807, 2.05) is 55.4 Å². The summed E-state index contributed by atoms with van der Waals surface area (Å²) in [5.74, 6) is 2.71. The van der Waals surface area contributed by atoms with Crippen molar-refractivity contribution in [2.24, 2.45) is 74.7 Å². The molecule has 0 aliphatic rings. The number of hydrogen-bond acceptors (Lipinski definition) is 11. The van der Waals surface area contributed by atoms with Crippen LogP contribution in [0.2, 0.25) is 0 Å². The number of amides is 2. The standard InChI is InChI=1S/C10H21NO.C10H20O2.C9H19NO.C9H17N.C3H9O4P.H2O4S/c1-7(2)10(5,8(3)4)9(12)11-6;1-7(2)10(5,8(3)4)9(11)12-6;1-6(2)9(5,7(3)4)8(10)11;1-7(2)9(5,6-10)8(3)4;1-5-8(4,6-2)7-3;1-5(2,3)4/h7-8H,1-6H3,(H,11,12);7-8H,1-6H3;6-7H,1-5H3,(H2,10,11);7-8H,1-5H3;1-3H3;(H2,1,2,3,4). The third-order valence-corrected chi connectivity index (χ3v) is 13.7. The number of esters is 1. The Kier molecular flexibility index (Phi) is 35.0. The van der Waals surface area contributed by atoms with E-state index in [1.54, 1.807) is 7.05 Å². The van der Waals surface area contributed by atoms with E-state index in [2.05, 4.69) is 108 Å². The molecular formula is C41H88N3O12PS. The highest BCUT2D eigenvalue weighted by Gasteiger charge is 2.41. The highest BCUT2D eigenvalue weighted by Crippen LogP contribution is 2.46. The number of nitriles is 1. The fraction of sp³-hybridized carbons (Fsp3) is 0.902. The van der Waals surface area contributed by atoms with Gasteiger partial charge in [0.2, 0.25) is 11.8 Å². The van der Waals surface area contributed by atoms with E-state index in [-0.39, 0.29) is 39.4 Å². The van der Waals surface area contributed by atoms with E-state index >= 15 is 0 Å². The first-order chi connectivity index (χ1) is 25.7. The molecule has 0 bridgehead atoms. The fourth-order valence-electron chi connectivity index (χ4n) is 5.20. The molecule has 0 atom stereocenters. The van der Waals surface area contributed by atoms with Gasteiger partial charge >= 0.3 is 24.2 Å². The van der Waals surface area contributed by atoms with Gasteiger partial charge < -0.3 is 15.8 Å². The molecule has 15 nitrogen and oxygen atoms in total. The van der Waals surface area contributed by atoms with Crippen LogP contribution in [0, 0.1) is 80.3 Å². The molecule has 0 aromatic carbocycles. The van der Waals surface area contributed by atoms with Gasteiger partial charge in [-0.05, 0) is 61.2 Å². The number of nitrogens with two attached hydrogens (primary N) is 1. The summed E-state index contributed by atoms with van der Waals surface area (Å²) in [6, 6.07) is 2.38. The van der Waals surface area contributed by atoms with Gasteiger partial charge in [0.1, 0.15) is 0 Å². The minimum absolute atomic E-state index is 0.104. The SMILES string of the molecule is CC(C)C(C)(C#N)C(C)C.CC(C)C(C)(C(N)=O)C(C)C.CNC(=O)C(C)(C(C)C)C(C)C.COC(=O)C(C)(C(C)C)C(C)C.COP(=O)(OC)OC.O=S(=O)(O)O. The molecule has 58 heavy (non-hydrogen) atoms. The molecular weight excluding hydrogens is 790 g/mol. The smallest absolute Gasteiger partial charge is 0.469 e. The van der Waals surface area contributed by atoms with Crippen LogP contribution in [-0.4, -0.2) is 70.8 Å². The second-order valence-electron chi connectivity index (χ2n) is 17.4. The number of rotatable bonds is 14. The lowest BCUT2D eigenvalue weighted by molar-refractivity contribution is -0.157. The van der Waals surface area contributed by atoms with Gasteiger partial charge in [-0.15, -0.1) is 0 Å². The zero-order valence-electron chi connectivity index (χ0n) is 41.0. The summed E-state index contributed by atoms with van der Waals surface area (Å²) in [4.78, 5) is 34.2. The minimum Gasteiger partial charge on any atom is -0.469 e. The summed E-state index contributed by atoms with van der Waals surface area (Å²) in [5.41, 5.74) is 4.23. The number of ether oxygens (including phenoxy) is 1. The molecule has 0 aromatic rings. The zero-order chi connectivity index (χ0) is 48.6. The van der Waals surface area contributed by atoms with E-state index in [0.29, 0.717) is 47.3 Å². The molecule has 0 aliphatic heterocycles. The summed E-state index contributed by atoms with van der Waals surface area (Å²) in [5, 5.41) is 11.6. The molecule has 0 fully saturated rings. The van der Waals surface area contributed by atoms with Crippen molar-refractivity contribution in [3.63, 3.8) is 0 Å². The second kappa shape index (κ2) is 30.0. The highest BCUT2D eigenvalue weighted by molar-refractivity contribution is 7.79. The minimum atomic E-state index is -4.67. The van der Waals surface area contributed by atoms with Gasteiger partial charge in [0.05, 0.1) is 34.8 Å². The van der Waals surface area contributed by atoms with Gasteiger partial charge in [-0.1, -0.05) is 125 Å². The van der Waals surface area contributed by atoms with E-state index in [4.69, 9.17) is 33.3 Å². The number of phosphoric ester groups is 1. The van der Waals surface area contributed by atoms with Gasteiger partial charge in [-0.3, -0.25) is 37.1 Å². The number of hydrogen-bond donors (Lipinski definition) is 4. The monoisotopic (exact) mass is 878 g/mol. The van der Waals surface area contributed by atoms with Gasteiger partial charge in [0.25, 0.3) is 0 Å². The van der Waals surface area contributed by atoms with Crippen molar-refractivity contribution >= 4 is 36.0 Å². The van der Waals surface area contributed by atoms with Crippen LogP contribution in [0.3, 0.4) is 0 Å². The second-order valence-corrected chi connectivity index (χ2v) is 20.2. The normalized spacial score (nSPS) is 12.2. The largest absolute Gasteiger partial charge is 0.473 e. The number of nitrogens with one attached hydrogen (secondary N) is 1. The van der Waals surface area contributed by atoms with E-state index in [9.17, 15) is 18.9 Å². The third-order valence-electron chi connectivity index (χ3n) is 12.4. The summed E-state index contributed by atoms with van der Waals surface area (Å²) >= 11 is 0. The van der Waals surface area contributed by atoms with Crippen LogP contribution in [0.5, 0.6) is 0 Å². The lowest BCUT2D eigenvalue weighted by Gasteiger charge is -2.35. The molecule has 0 saturated heterocycles. The summed E-state index contributed by atoms with van der Waals surface area (Å²) in [7, 11) is -0.906. The molecule has 0 aliphatic carbocycles. The van der Waals surface area contributed by atoms with Crippen molar-refractivity contribution in [1.29, 1.82) is 5.26 Å². The maximum absolute atomic E-state index is 11.6. The van der Waals surface area contributed by atoms with Crippen LogP contribution in [0.25, 0.3) is 0 Å². The predicted molar refractivity (Wildman–Crippen MR) is 235 cm³/mol. The van der Waals surface area contributed by atoms with Crippen molar-refractivity contribution in [1.82, 2.24) is 5.32 Å². The summed E-state index contributed by atoms with van der Waals surface area (Å²) in [6.45, 7) is 41.1. The molecule has 17 heteroatoms. The first-order valence-corrected chi connectivity index (χ1v) is 22.5. The van der Waals surface area contributed by atoms with Crippen LogP contribution < -0.4 is 11.1 Å². The Balaban J connectivity index is -0.000000142. The lowest BCUT2D eigenvalue weighted by Crippen LogP contribution is -2.44. The summed E-state index contributed by atoms with van der Waals surface area (Å²) in [6.07, 6.45) is 0. The van der Waals surface area contributed by atoms with Crippen LogP contribution in [0.15, 0.2) is 0 Å².